The Balaban J connectivity index is 2.10. The predicted molar refractivity (Wildman–Crippen MR) is 76.2 cm³/mol. The highest BCUT2D eigenvalue weighted by Crippen LogP contribution is 2.44. The van der Waals surface area contributed by atoms with E-state index in [0.717, 1.165) is 6.42 Å². The van der Waals surface area contributed by atoms with Crippen molar-refractivity contribution < 1.29 is 18.7 Å². The number of carbonyl (C=O) groups excluding carboxylic acids is 2. The summed E-state index contributed by atoms with van der Waals surface area (Å²) >= 11 is 0. The lowest BCUT2D eigenvalue weighted by molar-refractivity contribution is -0.141. The van der Waals surface area contributed by atoms with Gasteiger partial charge in [-0.05, 0) is 37.5 Å². The number of rotatable bonds is 5. The van der Waals surface area contributed by atoms with Crippen LogP contribution in [-0.2, 0) is 19.7 Å². The predicted octanol–water partition coefficient (Wildman–Crippen LogP) is 2.32. The van der Waals surface area contributed by atoms with Gasteiger partial charge >= 0.3 is 5.97 Å². The monoisotopic (exact) mass is 293 g/mol. The molecule has 0 aromatic heterocycles. The summed E-state index contributed by atoms with van der Waals surface area (Å²) in [6.45, 7) is 1.76. The molecule has 0 bridgehead atoms. The maximum Gasteiger partial charge on any atom is 0.307 e. The third-order valence-corrected chi connectivity index (χ3v) is 4.10. The van der Waals surface area contributed by atoms with Crippen LogP contribution in [0.1, 0.15) is 38.2 Å². The fraction of sp³-hybridized carbons (Fsp3) is 0.500. The van der Waals surface area contributed by atoms with Gasteiger partial charge in [0.1, 0.15) is 5.82 Å². The SMILES string of the molecule is COC(=O)CC(C)NC(=O)C1(c2cccc(F)c2)CCC1. The molecular formula is C16H20FNO3. The number of methoxy groups -OCH3 is 1. The minimum Gasteiger partial charge on any atom is -0.469 e. The molecule has 1 aliphatic rings. The van der Waals surface area contributed by atoms with Crippen molar-refractivity contribution in [3.8, 4) is 0 Å². The zero-order valence-corrected chi connectivity index (χ0v) is 12.3. The molecule has 1 amide bonds. The quantitative estimate of drug-likeness (QED) is 0.848. The highest BCUT2D eigenvalue weighted by molar-refractivity contribution is 5.89. The molecule has 0 saturated heterocycles. The number of halogens is 1. The molecule has 1 unspecified atom stereocenters. The Morgan fingerprint density at radius 3 is 2.67 bits per heavy atom. The number of benzene rings is 1. The van der Waals surface area contributed by atoms with Crippen LogP contribution in [0.2, 0.25) is 0 Å². The van der Waals surface area contributed by atoms with Gasteiger partial charge in [-0.2, -0.15) is 0 Å². The van der Waals surface area contributed by atoms with E-state index < -0.39 is 5.41 Å². The molecular weight excluding hydrogens is 273 g/mol. The van der Waals surface area contributed by atoms with Crippen LogP contribution in [0.25, 0.3) is 0 Å². The fourth-order valence-electron chi connectivity index (χ4n) is 2.71. The van der Waals surface area contributed by atoms with E-state index in [1.54, 1.807) is 19.1 Å². The number of amides is 1. The van der Waals surface area contributed by atoms with E-state index >= 15 is 0 Å². The minimum atomic E-state index is -0.660. The van der Waals surface area contributed by atoms with Crippen molar-refractivity contribution in [2.75, 3.05) is 7.11 Å². The maximum atomic E-state index is 13.4. The summed E-state index contributed by atoms with van der Waals surface area (Å²) in [4.78, 5) is 23.8. The molecule has 0 aliphatic heterocycles. The van der Waals surface area contributed by atoms with E-state index in [-0.39, 0.29) is 30.2 Å². The van der Waals surface area contributed by atoms with Crippen molar-refractivity contribution >= 4 is 11.9 Å². The van der Waals surface area contributed by atoms with Gasteiger partial charge in [0.15, 0.2) is 0 Å². The zero-order chi connectivity index (χ0) is 15.5. The number of carbonyl (C=O) groups is 2. The van der Waals surface area contributed by atoms with E-state index in [1.165, 1.54) is 19.2 Å². The van der Waals surface area contributed by atoms with E-state index in [2.05, 4.69) is 10.1 Å². The number of hydrogen-bond acceptors (Lipinski definition) is 3. The summed E-state index contributed by atoms with van der Waals surface area (Å²) < 4.78 is 18.0. The minimum absolute atomic E-state index is 0.126. The van der Waals surface area contributed by atoms with Crippen LogP contribution in [0.4, 0.5) is 4.39 Å². The van der Waals surface area contributed by atoms with Gasteiger partial charge in [-0.25, -0.2) is 4.39 Å². The Morgan fingerprint density at radius 2 is 2.14 bits per heavy atom. The first-order chi connectivity index (χ1) is 9.98. The summed E-state index contributed by atoms with van der Waals surface area (Å²) in [5.41, 5.74) is 0.0449. The molecule has 4 nitrogen and oxygen atoms in total. The summed E-state index contributed by atoms with van der Waals surface area (Å²) in [5, 5.41) is 2.84. The third kappa shape index (κ3) is 3.23. The first-order valence-electron chi connectivity index (χ1n) is 7.12. The Hall–Kier alpha value is -1.91. The first-order valence-corrected chi connectivity index (χ1v) is 7.12. The first kappa shape index (κ1) is 15.5. The zero-order valence-electron chi connectivity index (χ0n) is 12.3. The Morgan fingerprint density at radius 1 is 1.43 bits per heavy atom. The van der Waals surface area contributed by atoms with Gasteiger partial charge in [0.25, 0.3) is 0 Å². The molecule has 1 atom stereocenters. The van der Waals surface area contributed by atoms with Gasteiger partial charge < -0.3 is 10.1 Å². The van der Waals surface area contributed by atoms with Crippen LogP contribution >= 0.6 is 0 Å². The molecule has 1 N–H and O–H groups in total. The normalized spacial score (nSPS) is 17.5. The third-order valence-electron chi connectivity index (χ3n) is 4.10. The van der Waals surface area contributed by atoms with Crippen molar-refractivity contribution in [3.05, 3.63) is 35.6 Å². The smallest absolute Gasteiger partial charge is 0.307 e. The number of ether oxygens (including phenoxy) is 1. The second-order valence-corrected chi connectivity index (χ2v) is 5.60. The van der Waals surface area contributed by atoms with E-state index in [0.29, 0.717) is 18.4 Å². The van der Waals surface area contributed by atoms with Crippen LogP contribution < -0.4 is 5.32 Å². The largest absolute Gasteiger partial charge is 0.469 e. The van der Waals surface area contributed by atoms with Crippen LogP contribution in [0.5, 0.6) is 0 Å². The highest BCUT2D eigenvalue weighted by Gasteiger charge is 2.46. The molecule has 1 saturated carbocycles. The summed E-state index contributed by atoms with van der Waals surface area (Å²) in [7, 11) is 1.32. The summed E-state index contributed by atoms with van der Waals surface area (Å²) in [6.07, 6.45) is 2.47. The molecule has 1 aliphatic carbocycles. The fourth-order valence-corrected chi connectivity index (χ4v) is 2.71. The van der Waals surface area contributed by atoms with Gasteiger partial charge in [-0.1, -0.05) is 18.6 Å². The molecule has 2 rings (SSSR count). The van der Waals surface area contributed by atoms with Crippen LogP contribution in [0.3, 0.4) is 0 Å². The van der Waals surface area contributed by atoms with Crippen LogP contribution in [-0.4, -0.2) is 25.0 Å². The van der Waals surface area contributed by atoms with Gasteiger partial charge in [0.2, 0.25) is 5.91 Å². The lowest BCUT2D eigenvalue weighted by Gasteiger charge is -2.41. The molecule has 1 fully saturated rings. The van der Waals surface area contributed by atoms with Crippen molar-refractivity contribution in [2.45, 2.75) is 44.1 Å². The molecule has 5 heteroatoms. The maximum absolute atomic E-state index is 13.4. The van der Waals surface area contributed by atoms with Gasteiger partial charge in [0.05, 0.1) is 18.9 Å². The molecule has 0 heterocycles. The van der Waals surface area contributed by atoms with Gasteiger partial charge in [0, 0.05) is 6.04 Å². The number of esters is 1. The van der Waals surface area contributed by atoms with Gasteiger partial charge in [-0.15, -0.1) is 0 Å². The number of hydrogen-bond donors (Lipinski definition) is 1. The van der Waals surface area contributed by atoms with Crippen molar-refractivity contribution in [3.63, 3.8) is 0 Å². The second-order valence-electron chi connectivity index (χ2n) is 5.60. The van der Waals surface area contributed by atoms with E-state index in [9.17, 15) is 14.0 Å². The van der Waals surface area contributed by atoms with Crippen molar-refractivity contribution in [1.29, 1.82) is 0 Å². The Kier molecular flexibility index (Phi) is 4.60. The van der Waals surface area contributed by atoms with E-state index in [4.69, 9.17) is 0 Å². The average molecular weight is 293 g/mol. The Labute approximate surface area is 123 Å². The average Bonchev–Trinajstić information content (AvgIpc) is 2.37. The molecule has 114 valence electrons. The second kappa shape index (κ2) is 6.24. The standard InChI is InChI=1S/C16H20FNO3/c1-11(9-14(19)21-2)18-15(20)16(7-4-8-16)12-5-3-6-13(17)10-12/h3,5-6,10-11H,4,7-9H2,1-2H3,(H,18,20). The summed E-state index contributed by atoms with van der Waals surface area (Å²) in [5.74, 6) is -0.846. The molecule has 1 aromatic carbocycles. The lowest BCUT2D eigenvalue weighted by Crippen LogP contribution is -2.51. The Bertz CT molecular complexity index is 540. The topological polar surface area (TPSA) is 55.4 Å². The molecule has 0 radical (unpaired) electrons. The molecule has 1 aromatic rings. The van der Waals surface area contributed by atoms with Crippen LogP contribution in [0, 0.1) is 5.82 Å². The number of nitrogens with one attached hydrogen (secondary N) is 1. The van der Waals surface area contributed by atoms with Gasteiger partial charge in [-0.3, -0.25) is 9.59 Å². The van der Waals surface area contributed by atoms with Crippen molar-refractivity contribution in [2.24, 2.45) is 0 Å². The molecule has 21 heavy (non-hydrogen) atoms. The van der Waals surface area contributed by atoms with Crippen LogP contribution in [0.15, 0.2) is 24.3 Å². The van der Waals surface area contributed by atoms with Crippen molar-refractivity contribution in [1.82, 2.24) is 5.32 Å². The van der Waals surface area contributed by atoms with E-state index in [1.807, 2.05) is 0 Å². The summed E-state index contributed by atoms with van der Waals surface area (Å²) in [6, 6.07) is 5.89. The highest BCUT2D eigenvalue weighted by atomic mass is 19.1. The lowest BCUT2D eigenvalue weighted by atomic mass is 9.63. The molecule has 0 spiro atoms.